The summed E-state index contributed by atoms with van der Waals surface area (Å²) in [5.41, 5.74) is 4.24. The van der Waals surface area contributed by atoms with Crippen molar-refractivity contribution in [2.24, 2.45) is 0 Å². The number of carbonyl (C=O) groups excluding carboxylic acids is 1. The Kier molecular flexibility index (Phi) is 6.09. The Labute approximate surface area is 189 Å². The molecule has 0 bridgehead atoms. The van der Waals surface area contributed by atoms with Gasteiger partial charge in [0.05, 0.1) is 38.3 Å². The SMILES string of the molecule is COc1ccc(C)cc1NC(=O)CSc1nnc2c(C)cc3cc(OC)c(OC)cc3n12. The number of fused-ring (bicyclic) bond motifs is 3. The van der Waals surface area contributed by atoms with Gasteiger partial charge in [-0.25, -0.2) is 0 Å². The maximum absolute atomic E-state index is 12.7. The zero-order valence-corrected chi connectivity index (χ0v) is 19.4. The summed E-state index contributed by atoms with van der Waals surface area (Å²) in [7, 11) is 4.78. The Morgan fingerprint density at radius 2 is 1.69 bits per heavy atom. The highest BCUT2D eigenvalue weighted by molar-refractivity contribution is 7.99. The monoisotopic (exact) mass is 452 g/mol. The quantitative estimate of drug-likeness (QED) is 0.419. The van der Waals surface area contributed by atoms with Gasteiger partial charge in [-0.15, -0.1) is 10.2 Å². The first-order valence-corrected chi connectivity index (χ1v) is 10.9. The van der Waals surface area contributed by atoms with Crippen molar-refractivity contribution >= 4 is 39.9 Å². The Morgan fingerprint density at radius 3 is 2.41 bits per heavy atom. The van der Waals surface area contributed by atoms with E-state index in [2.05, 4.69) is 15.5 Å². The lowest BCUT2D eigenvalue weighted by Crippen LogP contribution is -2.15. The minimum atomic E-state index is -0.160. The largest absolute Gasteiger partial charge is 0.495 e. The average Bonchev–Trinajstić information content (AvgIpc) is 3.22. The second-order valence-electron chi connectivity index (χ2n) is 7.28. The maximum Gasteiger partial charge on any atom is 0.234 e. The molecule has 8 nitrogen and oxygen atoms in total. The highest BCUT2D eigenvalue weighted by Gasteiger charge is 2.17. The minimum Gasteiger partial charge on any atom is -0.495 e. The third-order valence-corrected chi connectivity index (χ3v) is 6.02. The maximum atomic E-state index is 12.7. The van der Waals surface area contributed by atoms with Gasteiger partial charge >= 0.3 is 0 Å². The van der Waals surface area contributed by atoms with Crippen LogP contribution in [0, 0.1) is 13.8 Å². The van der Waals surface area contributed by atoms with Crippen LogP contribution in [0.3, 0.4) is 0 Å². The van der Waals surface area contributed by atoms with Crippen molar-refractivity contribution in [2.45, 2.75) is 19.0 Å². The van der Waals surface area contributed by atoms with Crippen molar-refractivity contribution in [1.82, 2.24) is 14.6 Å². The van der Waals surface area contributed by atoms with Crippen LogP contribution < -0.4 is 19.5 Å². The molecule has 0 spiro atoms. The third kappa shape index (κ3) is 4.03. The Hall–Kier alpha value is -3.46. The molecule has 1 amide bonds. The highest BCUT2D eigenvalue weighted by atomic mass is 32.2. The van der Waals surface area contributed by atoms with Crippen LogP contribution in [0.25, 0.3) is 16.6 Å². The molecule has 9 heteroatoms. The van der Waals surface area contributed by atoms with Gasteiger partial charge in [-0.2, -0.15) is 0 Å². The molecule has 0 saturated heterocycles. The first-order chi connectivity index (χ1) is 15.4. The molecular formula is C23H24N4O4S. The van der Waals surface area contributed by atoms with Crippen LogP contribution >= 0.6 is 11.8 Å². The van der Waals surface area contributed by atoms with E-state index in [0.29, 0.717) is 28.1 Å². The van der Waals surface area contributed by atoms with E-state index in [-0.39, 0.29) is 11.7 Å². The molecule has 0 aliphatic carbocycles. The van der Waals surface area contributed by atoms with Crippen LogP contribution in [-0.2, 0) is 4.79 Å². The molecule has 2 aromatic heterocycles. The Balaban J connectivity index is 1.65. The molecule has 2 aromatic carbocycles. The third-order valence-electron chi connectivity index (χ3n) is 5.09. The molecular weight excluding hydrogens is 428 g/mol. The lowest BCUT2D eigenvalue weighted by atomic mass is 10.1. The lowest BCUT2D eigenvalue weighted by Gasteiger charge is -2.12. The van der Waals surface area contributed by atoms with Crippen LogP contribution in [0.5, 0.6) is 17.2 Å². The molecule has 0 aliphatic rings. The van der Waals surface area contributed by atoms with E-state index < -0.39 is 0 Å². The Bertz CT molecular complexity index is 1320. The summed E-state index contributed by atoms with van der Waals surface area (Å²) in [5.74, 6) is 1.88. The fraction of sp³-hybridized carbons (Fsp3) is 0.261. The molecule has 4 rings (SSSR count). The number of methoxy groups -OCH3 is 3. The first kappa shape index (κ1) is 21.8. The van der Waals surface area contributed by atoms with Crippen molar-refractivity contribution in [2.75, 3.05) is 32.4 Å². The summed E-state index contributed by atoms with van der Waals surface area (Å²) in [6, 6.07) is 11.5. The number of carbonyl (C=O) groups is 1. The number of hydrogen-bond acceptors (Lipinski definition) is 7. The molecule has 0 unspecified atom stereocenters. The fourth-order valence-corrected chi connectivity index (χ4v) is 4.31. The number of pyridine rings is 1. The lowest BCUT2D eigenvalue weighted by molar-refractivity contribution is -0.113. The normalized spacial score (nSPS) is 11.0. The van der Waals surface area contributed by atoms with E-state index in [1.165, 1.54) is 11.8 Å². The number of thioether (sulfide) groups is 1. The topological polar surface area (TPSA) is 87.0 Å². The van der Waals surface area contributed by atoms with Gasteiger partial charge in [0.2, 0.25) is 5.91 Å². The van der Waals surface area contributed by atoms with Gasteiger partial charge in [0.1, 0.15) is 5.75 Å². The molecule has 2 heterocycles. The number of nitrogens with one attached hydrogen (secondary N) is 1. The molecule has 0 aliphatic heterocycles. The second-order valence-corrected chi connectivity index (χ2v) is 8.22. The number of amides is 1. The summed E-state index contributed by atoms with van der Waals surface area (Å²) >= 11 is 1.31. The summed E-state index contributed by atoms with van der Waals surface area (Å²) in [6.07, 6.45) is 0. The second kappa shape index (κ2) is 8.96. The van der Waals surface area contributed by atoms with E-state index in [9.17, 15) is 4.79 Å². The highest BCUT2D eigenvalue weighted by Crippen LogP contribution is 2.35. The molecule has 166 valence electrons. The van der Waals surface area contributed by atoms with E-state index in [1.807, 2.05) is 54.6 Å². The van der Waals surface area contributed by atoms with Crippen LogP contribution in [0.15, 0.2) is 41.6 Å². The summed E-state index contributed by atoms with van der Waals surface area (Å²) < 4.78 is 18.2. The zero-order valence-electron chi connectivity index (χ0n) is 18.6. The van der Waals surface area contributed by atoms with Crippen molar-refractivity contribution < 1.29 is 19.0 Å². The van der Waals surface area contributed by atoms with Crippen LogP contribution in [0.4, 0.5) is 5.69 Å². The number of rotatable bonds is 7. The van der Waals surface area contributed by atoms with E-state index in [0.717, 1.165) is 27.7 Å². The molecule has 4 aromatic rings. The number of benzene rings is 2. The van der Waals surface area contributed by atoms with Gasteiger partial charge in [0, 0.05) is 11.5 Å². The van der Waals surface area contributed by atoms with Gasteiger partial charge in [0.25, 0.3) is 0 Å². The van der Waals surface area contributed by atoms with E-state index in [1.54, 1.807) is 21.3 Å². The number of ether oxygens (including phenoxy) is 3. The van der Waals surface area contributed by atoms with Crippen LogP contribution in [-0.4, -0.2) is 47.6 Å². The Morgan fingerprint density at radius 1 is 0.969 bits per heavy atom. The number of hydrogen-bond donors (Lipinski definition) is 1. The molecule has 32 heavy (non-hydrogen) atoms. The summed E-state index contributed by atoms with van der Waals surface area (Å²) in [5, 5.41) is 13.2. The van der Waals surface area contributed by atoms with Crippen molar-refractivity contribution in [3.63, 3.8) is 0 Å². The van der Waals surface area contributed by atoms with Crippen LogP contribution in [0.2, 0.25) is 0 Å². The number of nitrogens with zero attached hydrogens (tertiary/aromatic N) is 3. The van der Waals surface area contributed by atoms with E-state index in [4.69, 9.17) is 14.2 Å². The van der Waals surface area contributed by atoms with Gasteiger partial charge in [0.15, 0.2) is 22.3 Å². The van der Waals surface area contributed by atoms with Crippen molar-refractivity contribution in [3.8, 4) is 17.2 Å². The van der Waals surface area contributed by atoms with Gasteiger partial charge in [-0.3, -0.25) is 9.20 Å². The van der Waals surface area contributed by atoms with Gasteiger partial charge < -0.3 is 19.5 Å². The summed E-state index contributed by atoms with van der Waals surface area (Å²) in [4.78, 5) is 12.7. The molecule has 0 saturated carbocycles. The predicted octanol–water partition coefficient (Wildman–Crippen LogP) is 4.26. The smallest absolute Gasteiger partial charge is 0.234 e. The molecule has 1 N–H and O–H groups in total. The minimum absolute atomic E-state index is 0.160. The number of aryl methyl sites for hydroxylation is 2. The molecule has 0 fully saturated rings. The summed E-state index contributed by atoms with van der Waals surface area (Å²) in [6.45, 7) is 3.94. The predicted molar refractivity (Wildman–Crippen MR) is 125 cm³/mol. The number of anilines is 1. The molecule has 0 atom stereocenters. The van der Waals surface area contributed by atoms with Crippen molar-refractivity contribution in [1.29, 1.82) is 0 Å². The number of aromatic nitrogens is 3. The molecule has 0 radical (unpaired) electrons. The zero-order chi connectivity index (χ0) is 22.8. The van der Waals surface area contributed by atoms with Gasteiger partial charge in [-0.1, -0.05) is 17.8 Å². The fourth-order valence-electron chi connectivity index (χ4n) is 3.56. The van der Waals surface area contributed by atoms with Crippen molar-refractivity contribution in [3.05, 3.63) is 47.5 Å². The standard InChI is InChI=1S/C23H24N4O4S/c1-13-6-7-18(29-3)16(8-13)24-21(28)12-32-23-26-25-22-14(2)9-15-10-19(30-4)20(31-5)11-17(15)27(22)23/h6-11H,12H2,1-5H3,(H,24,28). The van der Waals surface area contributed by atoms with Crippen LogP contribution in [0.1, 0.15) is 11.1 Å². The average molecular weight is 453 g/mol. The van der Waals surface area contributed by atoms with Gasteiger partial charge in [-0.05, 0) is 49.2 Å². The van der Waals surface area contributed by atoms with E-state index >= 15 is 0 Å². The first-order valence-electron chi connectivity index (χ1n) is 9.93.